The Kier molecular flexibility index (Phi) is 5.69. The molecule has 1 unspecified atom stereocenters. The highest BCUT2D eigenvalue weighted by Gasteiger charge is 2.12. The van der Waals surface area contributed by atoms with Gasteiger partial charge in [0.1, 0.15) is 18.2 Å². The normalized spacial score (nSPS) is 12.0. The Hall–Kier alpha value is -2.36. The van der Waals surface area contributed by atoms with Crippen LogP contribution in [0.15, 0.2) is 72.8 Å². The smallest absolute Gasteiger partial charge is 0.126 e. The number of hydrogen-bond acceptors (Lipinski definition) is 2. The SMILES string of the molecule is OC(Cc1cc(Cl)ccc1F)c1ccc(OCc2ccccc2)cc1. The molecule has 3 rings (SSSR count). The van der Waals surface area contributed by atoms with Gasteiger partial charge in [-0.1, -0.05) is 54.1 Å². The van der Waals surface area contributed by atoms with Gasteiger partial charge in [-0.25, -0.2) is 4.39 Å². The van der Waals surface area contributed by atoms with Gasteiger partial charge in [-0.05, 0) is 47.0 Å². The molecule has 3 aromatic rings. The summed E-state index contributed by atoms with van der Waals surface area (Å²) in [4.78, 5) is 0. The summed E-state index contributed by atoms with van der Waals surface area (Å²) >= 11 is 5.89. The van der Waals surface area contributed by atoms with Crippen molar-refractivity contribution in [2.75, 3.05) is 0 Å². The molecule has 128 valence electrons. The average molecular weight is 357 g/mol. The fourth-order valence-electron chi connectivity index (χ4n) is 2.55. The van der Waals surface area contributed by atoms with Gasteiger partial charge in [0.2, 0.25) is 0 Å². The predicted molar refractivity (Wildman–Crippen MR) is 97.3 cm³/mol. The van der Waals surface area contributed by atoms with Crippen LogP contribution in [0.2, 0.25) is 5.02 Å². The summed E-state index contributed by atoms with van der Waals surface area (Å²) in [5.74, 6) is 0.347. The standard InChI is InChI=1S/C21H18ClFO2/c22-18-8-11-20(23)17(12-18)13-21(24)16-6-9-19(10-7-16)25-14-15-4-2-1-3-5-15/h1-12,21,24H,13-14H2. The molecule has 25 heavy (non-hydrogen) atoms. The summed E-state index contributed by atoms with van der Waals surface area (Å²) in [5.41, 5.74) is 2.18. The first kappa shape index (κ1) is 17.5. The van der Waals surface area contributed by atoms with E-state index in [1.54, 1.807) is 24.3 Å². The first-order valence-electron chi connectivity index (χ1n) is 8.00. The highest BCUT2D eigenvalue weighted by Crippen LogP contribution is 2.24. The topological polar surface area (TPSA) is 29.5 Å². The average Bonchev–Trinajstić information content (AvgIpc) is 2.64. The van der Waals surface area contributed by atoms with Gasteiger partial charge in [-0.3, -0.25) is 0 Å². The molecule has 0 aromatic heterocycles. The second-order valence-corrected chi connectivity index (χ2v) is 6.24. The molecule has 0 radical (unpaired) electrons. The Morgan fingerprint density at radius 2 is 1.68 bits per heavy atom. The zero-order chi connectivity index (χ0) is 17.6. The van der Waals surface area contributed by atoms with Crippen LogP contribution >= 0.6 is 11.6 Å². The molecule has 1 N–H and O–H groups in total. The van der Waals surface area contributed by atoms with Gasteiger partial charge < -0.3 is 9.84 Å². The Balaban J connectivity index is 1.62. The Bertz CT molecular complexity index is 819. The van der Waals surface area contributed by atoms with E-state index in [-0.39, 0.29) is 12.2 Å². The molecule has 0 saturated heterocycles. The third-order valence-electron chi connectivity index (χ3n) is 3.93. The van der Waals surface area contributed by atoms with Gasteiger partial charge in [0.25, 0.3) is 0 Å². The van der Waals surface area contributed by atoms with Crippen molar-refractivity contribution in [3.63, 3.8) is 0 Å². The van der Waals surface area contributed by atoms with Gasteiger partial charge in [0, 0.05) is 11.4 Å². The van der Waals surface area contributed by atoms with Crippen LogP contribution in [-0.2, 0) is 13.0 Å². The minimum atomic E-state index is -0.809. The molecule has 0 aliphatic heterocycles. The zero-order valence-electron chi connectivity index (χ0n) is 13.5. The van der Waals surface area contributed by atoms with E-state index in [0.29, 0.717) is 28.5 Å². The summed E-state index contributed by atoms with van der Waals surface area (Å²) in [6.07, 6.45) is -0.646. The number of hydrogen-bond donors (Lipinski definition) is 1. The van der Waals surface area contributed by atoms with E-state index in [9.17, 15) is 9.50 Å². The van der Waals surface area contributed by atoms with Crippen LogP contribution in [0, 0.1) is 5.82 Å². The van der Waals surface area contributed by atoms with Crippen molar-refractivity contribution in [2.45, 2.75) is 19.1 Å². The van der Waals surface area contributed by atoms with Crippen LogP contribution < -0.4 is 4.74 Å². The van der Waals surface area contributed by atoms with E-state index in [4.69, 9.17) is 16.3 Å². The first-order valence-corrected chi connectivity index (χ1v) is 8.38. The molecule has 4 heteroatoms. The van der Waals surface area contributed by atoms with Gasteiger partial charge in [-0.15, -0.1) is 0 Å². The lowest BCUT2D eigenvalue weighted by atomic mass is 10.0. The number of rotatable bonds is 6. The van der Waals surface area contributed by atoms with Crippen LogP contribution in [0.25, 0.3) is 0 Å². The van der Waals surface area contributed by atoms with Crippen molar-refractivity contribution in [2.24, 2.45) is 0 Å². The summed E-state index contributed by atoms with van der Waals surface area (Å²) < 4.78 is 19.5. The van der Waals surface area contributed by atoms with Crippen molar-refractivity contribution in [1.29, 1.82) is 0 Å². The maximum absolute atomic E-state index is 13.8. The molecule has 0 amide bonds. The fourth-order valence-corrected chi connectivity index (χ4v) is 2.75. The maximum Gasteiger partial charge on any atom is 0.126 e. The van der Waals surface area contributed by atoms with Crippen LogP contribution in [-0.4, -0.2) is 5.11 Å². The van der Waals surface area contributed by atoms with Crippen molar-refractivity contribution >= 4 is 11.6 Å². The largest absolute Gasteiger partial charge is 0.489 e. The molecule has 0 heterocycles. The van der Waals surface area contributed by atoms with Crippen LogP contribution in [0.3, 0.4) is 0 Å². The molecular formula is C21H18ClFO2. The zero-order valence-corrected chi connectivity index (χ0v) is 14.3. The molecule has 2 nitrogen and oxygen atoms in total. The fraction of sp³-hybridized carbons (Fsp3) is 0.143. The van der Waals surface area contributed by atoms with Crippen molar-refractivity contribution < 1.29 is 14.2 Å². The van der Waals surface area contributed by atoms with Crippen LogP contribution in [0.5, 0.6) is 5.75 Å². The molecule has 0 spiro atoms. The molecule has 0 aliphatic rings. The highest BCUT2D eigenvalue weighted by atomic mass is 35.5. The van der Waals surface area contributed by atoms with E-state index < -0.39 is 6.10 Å². The molecule has 0 bridgehead atoms. The third-order valence-corrected chi connectivity index (χ3v) is 4.17. The molecule has 3 aromatic carbocycles. The molecule has 0 aliphatic carbocycles. The lowest BCUT2D eigenvalue weighted by molar-refractivity contribution is 0.177. The van der Waals surface area contributed by atoms with Gasteiger partial charge >= 0.3 is 0 Å². The van der Waals surface area contributed by atoms with Crippen molar-refractivity contribution in [3.8, 4) is 5.75 Å². The molecule has 1 atom stereocenters. The number of aliphatic hydroxyl groups is 1. The summed E-state index contributed by atoms with van der Waals surface area (Å²) in [7, 11) is 0. The third kappa shape index (κ3) is 4.81. The predicted octanol–water partition coefficient (Wildman–Crippen LogP) is 5.33. The Morgan fingerprint density at radius 1 is 0.960 bits per heavy atom. The van der Waals surface area contributed by atoms with E-state index >= 15 is 0 Å². The van der Waals surface area contributed by atoms with Crippen LogP contribution in [0.4, 0.5) is 4.39 Å². The van der Waals surface area contributed by atoms with E-state index in [1.807, 2.05) is 30.3 Å². The monoisotopic (exact) mass is 356 g/mol. The number of ether oxygens (including phenoxy) is 1. The maximum atomic E-state index is 13.8. The summed E-state index contributed by atoms with van der Waals surface area (Å²) in [5, 5.41) is 10.8. The van der Waals surface area contributed by atoms with Gasteiger partial charge in [0.15, 0.2) is 0 Å². The number of aliphatic hydroxyl groups excluding tert-OH is 1. The van der Waals surface area contributed by atoms with Crippen molar-refractivity contribution in [1.82, 2.24) is 0 Å². The van der Waals surface area contributed by atoms with Gasteiger partial charge in [0.05, 0.1) is 6.10 Å². The van der Waals surface area contributed by atoms with E-state index in [1.165, 1.54) is 18.2 Å². The van der Waals surface area contributed by atoms with E-state index in [2.05, 4.69) is 0 Å². The second kappa shape index (κ2) is 8.15. The van der Waals surface area contributed by atoms with Crippen molar-refractivity contribution in [3.05, 3.63) is 100 Å². The number of halogens is 2. The van der Waals surface area contributed by atoms with E-state index in [0.717, 1.165) is 5.56 Å². The number of benzene rings is 3. The molecule has 0 saturated carbocycles. The second-order valence-electron chi connectivity index (χ2n) is 5.80. The summed E-state index contributed by atoms with van der Waals surface area (Å²) in [6, 6.07) is 21.4. The minimum absolute atomic E-state index is 0.163. The highest BCUT2D eigenvalue weighted by molar-refractivity contribution is 6.30. The quantitative estimate of drug-likeness (QED) is 0.646. The summed E-state index contributed by atoms with van der Waals surface area (Å²) in [6.45, 7) is 0.483. The lowest BCUT2D eigenvalue weighted by Crippen LogP contribution is -2.04. The molecule has 0 fully saturated rings. The first-order chi connectivity index (χ1) is 12.1. The van der Waals surface area contributed by atoms with Gasteiger partial charge in [-0.2, -0.15) is 0 Å². The molecular weight excluding hydrogens is 339 g/mol. The lowest BCUT2D eigenvalue weighted by Gasteiger charge is -2.13. The Morgan fingerprint density at radius 3 is 2.40 bits per heavy atom. The van der Waals surface area contributed by atoms with Crippen LogP contribution in [0.1, 0.15) is 22.8 Å². The minimum Gasteiger partial charge on any atom is -0.489 e. The Labute approximate surface area is 151 Å².